The number of aryl methyl sites for hydroxylation is 1. The van der Waals surface area contributed by atoms with Gasteiger partial charge in [0.15, 0.2) is 5.96 Å². The average Bonchev–Trinajstić information content (AvgIpc) is 2.81. The molecule has 1 fully saturated rings. The molecule has 0 amide bonds. The highest BCUT2D eigenvalue weighted by Crippen LogP contribution is 2.13. The topological polar surface area (TPSA) is 44.9 Å². The summed E-state index contributed by atoms with van der Waals surface area (Å²) in [5, 5.41) is 0. The van der Waals surface area contributed by atoms with E-state index in [0.29, 0.717) is 0 Å². The zero-order valence-corrected chi connectivity index (χ0v) is 14.1. The maximum atomic E-state index is 6.12. The molecule has 1 saturated heterocycles. The second-order valence-electron chi connectivity index (χ2n) is 6.31. The number of anilines is 1. The van der Waals surface area contributed by atoms with Gasteiger partial charge in [-0.3, -0.25) is 4.99 Å². The molecule has 1 heterocycles. The van der Waals surface area contributed by atoms with Crippen LogP contribution in [0.15, 0.2) is 29.3 Å². The summed E-state index contributed by atoms with van der Waals surface area (Å²) in [5.41, 5.74) is 8.73. The van der Waals surface area contributed by atoms with Crippen molar-refractivity contribution in [2.75, 3.05) is 38.6 Å². The molecule has 0 unspecified atom stereocenters. The quantitative estimate of drug-likeness (QED) is 0.517. The number of hydrogen-bond donors (Lipinski definition) is 1. The lowest BCUT2D eigenvalue weighted by atomic mass is 10.1. The summed E-state index contributed by atoms with van der Waals surface area (Å²) in [6.07, 6.45) is 7.25. The van der Waals surface area contributed by atoms with Gasteiger partial charge in [-0.05, 0) is 43.4 Å². The van der Waals surface area contributed by atoms with E-state index in [-0.39, 0.29) is 0 Å². The lowest BCUT2D eigenvalue weighted by molar-refractivity contribution is 0.428. The molecule has 22 heavy (non-hydrogen) atoms. The monoisotopic (exact) mass is 302 g/mol. The van der Waals surface area contributed by atoms with Gasteiger partial charge in [-0.15, -0.1) is 0 Å². The third kappa shape index (κ3) is 5.24. The maximum absolute atomic E-state index is 6.12. The van der Waals surface area contributed by atoms with Crippen LogP contribution < -0.4 is 10.6 Å². The minimum Gasteiger partial charge on any atom is -0.378 e. The second kappa shape index (κ2) is 8.66. The molecule has 0 atom stereocenters. The van der Waals surface area contributed by atoms with Gasteiger partial charge in [-0.25, -0.2) is 0 Å². The molecule has 1 aromatic rings. The van der Waals surface area contributed by atoms with E-state index in [1.54, 1.807) is 0 Å². The van der Waals surface area contributed by atoms with Crippen molar-refractivity contribution in [3.8, 4) is 0 Å². The van der Waals surface area contributed by atoms with Gasteiger partial charge in [-0.2, -0.15) is 0 Å². The van der Waals surface area contributed by atoms with Crippen LogP contribution in [0.4, 0.5) is 5.69 Å². The average molecular weight is 302 g/mol. The molecule has 122 valence electrons. The molecule has 0 radical (unpaired) electrons. The van der Waals surface area contributed by atoms with E-state index in [1.807, 2.05) is 0 Å². The van der Waals surface area contributed by atoms with Crippen molar-refractivity contribution in [1.29, 1.82) is 0 Å². The van der Waals surface area contributed by atoms with Crippen LogP contribution in [0.5, 0.6) is 0 Å². The first-order chi connectivity index (χ1) is 10.7. The largest absolute Gasteiger partial charge is 0.378 e. The van der Waals surface area contributed by atoms with Crippen molar-refractivity contribution < 1.29 is 0 Å². The van der Waals surface area contributed by atoms with Crippen molar-refractivity contribution in [2.24, 2.45) is 10.7 Å². The summed E-state index contributed by atoms with van der Waals surface area (Å²) in [4.78, 5) is 8.93. The first kappa shape index (κ1) is 16.7. The van der Waals surface area contributed by atoms with Gasteiger partial charge in [-0.1, -0.05) is 25.0 Å². The number of hydrogen-bond acceptors (Lipinski definition) is 2. The Kier molecular flexibility index (Phi) is 6.56. The molecule has 0 aromatic heterocycles. The van der Waals surface area contributed by atoms with Crippen LogP contribution >= 0.6 is 0 Å². The minimum atomic E-state index is 0.741. The number of aliphatic imine (C=N–C) groups is 1. The maximum Gasteiger partial charge on any atom is 0.191 e. The highest BCUT2D eigenvalue weighted by Gasteiger charge is 2.10. The van der Waals surface area contributed by atoms with Gasteiger partial charge < -0.3 is 15.5 Å². The van der Waals surface area contributed by atoms with Gasteiger partial charge in [0.25, 0.3) is 0 Å². The van der Waals surface area contributed by atoms with E-state index in [9.17, 15) is 0 Å². The molecule has 0 spiro atoms. The summed E-state index contributed by atoms with van der Waals surface area (Å²) >= 11 is 0. The molecule has 2 rings (SSSR count). The molecule has 4 heteroatoms. The number of likely N-dealkylation sites (tertiary alicyclic amines) is 1. The summed E-state index contributed by atoms with van der Waals surface area (Å²) < 4.78 is 0. The SMILES string of the molecule is CN(C)c1ccc(CCCN=C(N)N2CCCCCC2)cc1. The molecule has 4 nitrogen and oxygen atoms in total. The van der Waals surface area contributed by atoms with E-state index in [0.717, 1.165) is 38.4 Å². The van der Waals surface area contributed by atoms with Gasteiger partial charge in [0, 0.05) is 39.4 Å². The van der Waals surface area contributed by atoms with Crippen molar-refractivity contribution >= 4 is 11.6 Å². The van der Waals surface area contributed by atoms with E-state index in [1.165, 1.54) is 36.9 Å². The van der Waals surface area contributed by atoms with Gasteiger partial charge >= 0.3 is 0 Å². The van der Waals surface area contributed by atoms with Gasteiger partial charge in [0.1, 0.15) is 0 Å². The highest BCUT2D eigenvalue weighted by atomic mass is 15.2. The normalized spacial score (nSPS) is 16.5. The number of rotatable bonds is 5. The van der Waals surface area contributed by atoms with Crippen LogP contribution in [0.1, 0.15) is 37.7 Å². The predicted molar refractivity (Wildman–Crippen MR) is 95.6 cm³/mol. The van der Waals surface area contributed by atoms with Crippen molar-refractivity contribution in [2.45, 2.75) is 38.5 Å². The fourth-order valence-electron chi connectivity index (χ4n) is 2.84. The number of guanidine groups is 1. The summed E-state index contributed by atoms with van der Waals surface area (Å²) in [6, 6.07) is 8.75. The molecule has 1 aliphatic heterocycles. The lowest BCUT2D eigenvalue weighted by Crippen LogP contribution is -2.38. The third-order valence-electron chi connectivity index (χ3n) is 4.28. The summed E-state index contributed by atoms with van der Waals surface area (Å²) in [7, 11) is 4.13. The molecule has 0 aliphatic carbocycles. The summed E-state index contributed by atoms with van der Waals surface area (Å²) in [6.45, 7) is 2.96. The Bertz CT molecular complexity index is 456. The van der Waals surface area contributed by atoms with E-state index >= 15 is 0 Å². The lowest BCUT2D eigenvalue weighted by Gasteiger charge is -2.21. The number of nitrogens with zero attached hydrogens (tertiary/aromatic N) is 3. The standard InChI is InChI=1S/C18H30N4/c1-21(2)17-11-9-16(10-12-17)8-7-13-20-18(19)22-14-5-3-4-6-15-22/h9-12H,3-8,13-15H2,1-2H3,(H2,19,20). The van der Waals surface area contributed by atoms with E-state index < -0.39 is 0 Å². The van der Waals surface area contributed by atoms with Gasteiger partial charge in [0.05, 0.1) is 0 Å². The van der Waals surface area contributed by atoms with Crippen LogP contribution in [-0.4, -0.2) is 44.6 Å². The highest BCUT2D eigenvalue weighted by molar-refractivity contribution is 5.78. The van der Waals surface area contributed by atoms with Crippen LogP contribution in [0.2, 0.25) is 0 Å². The zero-order valence-electron chi connectivity index (χ0n) is 14.1. The molecule has 1 aromatic carbocycles. The first-order valence-electron chi connectivity index (χ1n) is 8.48. The van der Waals surface area contributed by atoms with Crippen LogP contribution in [0.25, 0.3) is 0 Å². The van der Waals surface area contributed by atoms with Crippen molar-refractivity contribution in [3.05, 3.63) is 29.8 Å². The molecule has 1 aliphatic rings. The Hall–Kier alpha value is -1.71. The summed E-state index contributed by atoms with van der Waals surface area (Å²) in [5.74, 6) is 0.741. The Balaban J connectivity index is 1.74. The molecular formula is C18H30N4. The van der Waals surface area contributed by atoms with Crippen LogP contribution in [0, 0.1) is 0 Å². The molecule has 0 saturated carbocycles. The molecule has 2 N–H and O–H groups in total. The molecular weight excluding hydrogens is 272 g/mol. The first-order valence-corrected chi connectivity index (χ1v) is 8.48. The van der Waals surface area contributed by atoms with E-state index in [2.05, 4.69) is 53.2 Å². The Labute approximate surface area is 135 Å². The Morgan fingerprint density at radius 3 is 2.32 bits per heavy atom. The van der Waals surface area contributed by atoms with Crippen LogP contribution in [0.3, 0.4) is 0 Å². The predicted octanol–water partition coefficient (Wildman–Crippen LogP) is 2.88. The zero-order chi connectivity index (χ0) is 15.8. The van der Waals surface area contributed by atoms with Crippen molar-refractivity contribution in [3.63, 3.8) is 0 Å². The molecule has 0 bridgehead atoms. The Morgan fingerprint density at radius 2 is 1.73 bits per heavy atom. The van der Waals surface area contributed by atoms with E-state index in [4.69, 9.17) is 5.73 Å². The third-order valence-corrected chi connectivity index (χ3v) is 4.28. The van der Waals surface area contributed by atoms with Gasteiger partial charge in [0.2, 0.25) is 0 Å². The second-order valence-corrected chi connectivity index (χ2v) is 6.31. The Morgan fingerprint density at radius 1 is 1.09 bits per heavy atom. The minimum absolute atomic E-state index is 0.741. The fourth-order valence-corrected chi connectivity index (χ4v) is 2.84. The number of benzene rings is 1. The number of nitrogens with two attached hydrogens (primary N) is 1. The smallest absolute Gasteiger partial charge is 0.191 e. The van der Waals surface area contributed by atoms with Crippen molar-refractivity contribution in [1.82, 2.24) is 4.90 Å². The van der Waals surface area contributed by atoms with Crippen LogP contribution in [-0.2, 0) is 6.42 Å². The fraction of sp³-hybridized carbons (Fsp3) is 0.611.